The highest BCUT2D eigenvalue weighted by atomic mass is 32.2. The molecule has 2 aliphatic heterocycles. The van der Waals surface area contributed by atoms with E-state index < -0.39 is 29.4 Å². The fourth-order valence-corrected chi connectivity index (χ4v) is 6.21. The monoisotopic (exact) mass is 521 g/mol. The van der Waals surface area contributed by atoms with Crippen molar-refractivity contribution in [2.75, 3.05) is 5.75 Å². The van der Waals surface area contributed by atoms with E-state index in [0.717, 1.165) is 18.6 Å². The number of fused-ring (bicyclic) bond motifs is 1. The Labute approximate surface area is 213 Å². The smallest absolute Gasteiger partial charge is 0.315 e. The number of hydrogen-bond donors (Lipinski definition) is 7. The highest BCUT2D eigenvalue weighted by molar-refractivity contribution is 8.00. The Hall–Kier alpha value is -2.67. The van der Waals surface area contributed by atoms with Gasteiger partial charge in [0.25, 0.3) is 0 Å². The first-order valence-electron chi connectivity index (χ1n) is 12.1. The van der Waals surface area contributed by atoms with Crippen LogP contribution in [0.3, 0.4) is 0 Å². The molecule has 2 fully saturated rings. The van der Waals surface area contributed by atoms with Crippen LogP contribution < -0.4 is 27.8 Å². The van der Waals surface area contributed by atoms with Crippen molar-refractivity contribution in [2.45, 2.75) is 74.0 Å². The molecule has 2 saturated heterocycles. The lowest BCUT2D eigenvalue weighted by atomic mass is 9.86. The molecule has 0 aliphatic carbocycles. The van der Waals surface area contributed by atoms with Gasteiger partial charge in [-0.2, -0.15) is 11.8 Å². The quantitative estimate of drug-likeness (QED) is 0.0766. The van der Waals surface area contributed by atoms with Crippen LogP contribution in [0.4, 0.5) is 4.79 Å². The largest absolute Gasteiger partial charge is 0.508 e. The Morgan fingerprint density at radius 2 is 1.83 bits per heavy atom. The Bertz CT molecular complexity index is 972. The number of aliphatic carboxylic acids is 1. The lowest BCUT2D eigenvalue weighted by Gasteiger charge is -2.25. The molecular weight excluding hydrogens is 486 g/mol. The van der Waals surface area contributed by atoms with Gasteiger partial charge in [0, 0.05) is 17.4 Å². The van der Waals surface area contributed by atoms with Crippen molar-refractivity contribution in [3.8, 4) is 5.75 Å². The standard InChI is InChI=1S/C24H35N5O6S/c25-16(11-13-5-7-14(30)8-6-13)21(32)15(22(33)34)9-10-24(26,27)19(31)4-2-1-3-18-20-17(12-36-18)28-23(35)29-20/h5-8,15-18,20,30H,1-4,9-12,25-27H2,(H,33,34)(H2,28,29,35)/t15?,16-,17-,18-,20-/m0/s1. The van der Waals surface area contributed by atoms with Crippen LogP contribution in [-0.2, 0) is 20.8 Å². The van der Waals surface area contributed by atoms with E-state index in [9.17, 15) is 29.4 Å². The molecule has 1 aromatic rings. The van der Waals surface area contributed by atoms with Gasteiger partial charge >= 0.3 is 12.0 Å². The summed E-state index contributed by atoms with van der Waals surface area (Å²) in [5.41, 5.74) is 16.9. The fourth-order valence-electron chi connectivity index (χ4n) is 4.66. The zero-order chi connectivity index (χ0) is 26.5. The number of urea groups is 1. The second kappa shape index (κ2) is 12.0. The molecule has 1 unspecified atom stereocenters. The molecule has 36 heavy (non-hydrogen) atoms. The predicted octanol–water partition coefficient (Wildman–Crippen LogP) is 0.221. The van der Waals surface area contributed by atoms with Gasteiger partial charge in [0.05, 0.1) is 18.1 Å². The van der Waals surface area contributed by atoms with E-state index in [1.807, 2.05) is 0 Å². The summed E-state index contributed by atoms with van der Waals surface area (Å²) >= 11 is 1.80. The van der Waals surface area contributed by atoms with Gasteiger partial charge in [0.15, 0.2) is 11.6 Å². The Balaban J connectivity index is 1.43. The molecule has 0 radical (unpaired) electrons. The normalized spacial score (nSPS) is 22.9. The number of phenols is 1. The van der Waals surface area contributed by atoms with Crippen LogP contribution in [0.1, 0.15) is 44.1 Å². The van der Waals surface area contributed by atoms with Gasteiger partial charge in [-0.15, -0.1) is 0 Å². The first-order valence-corrected chi connectivity index (χ1v) is 13.1. The summed E-state index contributed by atoms with van der Waals surface area (Å²) in [6, 6.07) is 5.17. The van der Waals surface area contributed by atoms with E-state index in [2.05, 4.69) is 10.6 Å². The summed E-state index contributed by atoms with van der Waals surface area (Å²) in [5, 5.41) is 25.1. The molecule has 12 heteroatoms. The van der Waals surface area contributed by atoms with E-state index in [1.165, 1.54) is 12.1 Å². The fraction of sp³-hybridized carbons (Fsp3) is 0.583. The summed E-state index contributed by atoms with van der Waals surface area (Å²) in [7, 11) is 0. The predicted molar refractivity (Wildman–Crippen MR) is 135 cm³/mol. The maximum atomic E-state index is 12.7. The third kappa shape index (κ3) is 7.19. The number of nitrogens with two attached hydrogens (primary N) is 3. The molecule has 5 atom stereocenters. The number of carboxylic acid groups (broad SMARTS) is 1. The Morgan fingerprint density at radius 3 is 2.50 bits per heavy atom. The van der Waals surface area contributed by atoms with Gasteiger partial charge < -0.3 is 38.0 Å². The molecule has 10 N–H and O–H groups in total. The van der Waals surface area contributed by atoms with Crippen LogP contribution in [0.2, 0.25) is 0 Å². The highest BCUT2D eigenvalue weighted by Crippen LogP contribution is 2.33. The first-order chi connectivity index (χ1) is 17.0. The number of carbonyl (C=O) groups excluding carboxylic acids is 3. The maximum absolute atomic E-state index is 12.7. The number of amides is 2. The van der Waals surface area contributed by atoms with Crippen molar-refractivity contribution in [1.82, 2.24) is 10.6 Å². The van der Waals surface area contributed by atoms with Gasteiger partial charge in [-0.25, -0.2) is 4.79 Å². The molecule has 2 heterocycles. The zero-order valence-electron chi connectivity index (χ0n) is 20.0. The summed E-state index contributed by atoms with van der Waals surface area (Å²) < 4.78 is 0. The number of phenolic OH excluding ortho intramolecular Hbond substituents is 1. The Morgan fingerprint density at radius 1 is 1.14 bits per heavy atom. The molecule has 1 aromatic carbocycles. The van der Waals surface area contributed by atoms with E-state index in [0.29, 0.717) is 12.0 Å². The number of thioether (sulfide) groups is 1. The molecule has 3 rings (SSSR count). The average molecular weight is 522 g/mol. The number of carbonyl (C=O) groups is 4. The van der Waals surface area contributed by atoms with Crippen molar-refractivity contribution >= 4 is 35.3 Å². The number of ketones is 2. The van der Waals surface area contributed by atoms with E-state index in [-0.39, 0.29) is 60.6 Å². The number of unbranched alkanes of at least 4 members (excludes halogenated alkanes) is 1. The number of rotatable bonds is 14. The van der Waals surface area contributed by atoms with Gasteiger partial charge in [-0.1, -0.05) is 18.6 Å². The summed E-state index contributed by atoms with van der Waals surface area (Å²) in [6.07, 6.45) is 2.07. The van der Waals surface area contributed by atoms with Crippen molar-refractivity contribution in [3.05, 3.63) is 29.8 Å². The van der Waals surface area contributed by atoms with Gasteiger partial charge in [-0.3, -0.25) is 14.4 Å². The number of carboxylic acids is 1. The van der Waals surface area contributed by atoms with E-state index in [1.54, 1.807) is 23.9 Å². The minimum Gasteiger partial charge on any atom is -0.508 e. The number of Topliss-reactive ketones (excluding diaryl/α,β-unsaturated/α-hetero) is 2. The minimum atomic E-state index is -1.74. The number of nitrogens with one attached hydrogen (secondary N) is 2. The first kappa shape index (κ1) is 27.9. The number of hydrogen-bond acceptors (Lipinski definition) is 9. The van der Waals surface area contributed by atoms with Crippen molar-refractivity contribution in [2.24, 2.45) is 23.1 Å². The van der Waals surface area contributed by atoms with Crippen LogP contribution in [-0.4, -0.2) is 68.6 Å². The van der Waals surface area contributed by atoms with Crippen molar-refractivity contribution in [3.63, 3.8) is 0 Å². The molecule has 2 aliphatic rings. The molecule has 2 amide bonds. The second-order valence-corrected chi connectivity index (χ2v) is 10.9. The number of aromatic hydroxyl groups is 1. The Kier molecular flexibility index (Phi) is 9.34. The minimum absolute atomic E-state index is 0.0691. The molecule has 198 valence electrons. The number of benzene rings is 1. The van der Waals surface area contributed by atoms with Gasteiger partial charge in [0.1, 0.15) is 17.3 Å². The van der Waals surface area contributed by atoms with Crippen LogP contribution in [0.5, 0.6) is 5.75 Å². The SMILES string of the molecule is N[C@@H](Cc1ccc(O)cc1)C(=O)C(CCC(N)(N)C(=O)CCCC[C@@H]1SC[C@@H]2NC(=O)N[C@@H]21)C(=O)O. The molecule has 0 spiro atoms. The molecule has 0 bridgehead atoms. The molecule has 0 saturated carbocycles. The average Bonchev–Trinajstić information content (AvgIpc) is 3.36. The van der Waals surface area contributed by atoms with Crippen molar-refractivity contribution in [1.29, 1.82) is 0 Å². The van der Waals surface area contributed by atoms with Gasteiger partial charge in [-0.05, 0) is 49.8 Å². The third-order valence-electron chi connectivity index (χ3n) is 6.85. The molecule has 11 nitrogen and oxygen atoms in total. The van der Waals surface area contributed by atoms with Crippen LogP contribution in [0, 0.1) is 5.92 Å². The van der Waals surface area contributed by atoms with E-state index >= 15 is 0 Å². The molecule has 0 aromatic heterocycles. The topological polar surface area (TPSA) is 211 Å². The third-order valence-corrected chi connectivity index (χ3v) is 8.35. The second-order valence-electron chi connectivity index (χ2n) is 9.64. The lowest BCUT2D eigenvalue weighted by Crippen LogP contribution is -2.57. The molecular formula is C24H35N5O6S. The van der Waals surface area contributed by atoms with Gasteiger partial charge in [0.2, 0.25) is 0 Å². The van der Waals surface area contributed by atoms with Crippen LogP contribution in [0.25, 0.3) is 0 Å². The summed E-state index contributed by atoms with van der Waals surface area (Å²) in [6.45, 7) is 0. The van der Waals surface area contributed by atoms with Crippen LogP contribution in [0.15, 0.2) is 24.3 Å². The lowest BCUT2D eigenvalue weighted by molar-refractivity contribution is -0.147. The van der Waals surface area contributed by atoms with E-state index in [4.69, 9.17) is 17.2 Å². The summed E-state index contributed by atoms with van der Waals surface area (Å²) in [4.78, 5) is 48.6. The van der Waals surface area contributed by atoms with Crippen molar-refractivity contribution < 1.29 is 29.4 Å². The summed E-state index contributed by atoms with van der Waals surface area (Å²) in [5.74, 6) is -2.90. The zero-order valence-corrected chi connectivity index (χ0v) is 20.8. The van der Waals surface area contributed by atoms with Crippen LogP contribution >= 0.6 is 11.8 Å². The highest BCUT2D eigenvalue weighted by Gasteiger charge is 2.42. The maximum Gasteiger partial charge on any atom is 0.315 e.